The molecule has 0 saturated carbocycles. The molecule has 0 amide bonds. The van der Waals surface area contributed by atoms with E-state index in [0.29, 0.717) is 30.4 Å². The van der Waals surface area contributed by atoms with Crippen LogP contribution in [0.2, 0.25) is 0 Å². The van der Waals surface area contributed by atoms with E-state index in [9.17, 15) is 4.79 Å². The number of hydrogen-bond donors (Lipinski definition) is 1. The highest BCUT2D eigenvalue weighted by Gasteiger charge is 2.14. The highest BCUT2D eigenvalue weighted by Crippen LogP contribution is 2.10. The quantitative estimate of drug-likeness (QED) is 0.848. The fraction of sp³-hybridized carbons (Fsp3) is 0.500. The Labute approximate surface area is 125 Å². The van der Waals surface area contributed by atoms with Gasteiger partial charge >= 0.3 is 0 Å². The van der Waals surface area contributed by atoms with Crippen molar-refractivity contribution in [3.8, 4) is 0 Å². The SMILES string of the molecule is CCC(C)N(CCOC)Cc1nc2ccccc2c(=O)[nH]1. The number of rotatable bonds is 7. The van der Waals surface area contributed by atoms with E-state index in [-0.39, 0.29) is 5.56 Å². The first-order chi connectivity index (χ1) is 10.2. The number of methoxy groups -OCH3 is 1. The molecule has 2 aromatic rings. The van der Waals surface area contributed by atoms with Gasteiger partial charge in [0.1, 0.15) is 5.82 Å². The molecule has 0 bridgehead atoms. The van der Waals surface area contributed by atoms with Crippen LogP contribution in [0.4, 0.5) is 0 Å². The molecule has 0 aliphatic rings. The molecule has 0 radical (unpaired) electrons. The van der Waals surface area contributed by atoms with Gasteiger partial charge in [-0.2, -0.15) is 0 Å². The van der Waals surface area contributed by atoms with Gasteiger partial charge < -0.3 is 9.72 Å². The largest absolute Gasteiger partial charge is 0.383 e. The van der Waals surface area contributed by atoms with Crippen molar-refractivity contribution in [3.63, 3.8) is 0 Å². The maximum atomic E-state index is 12.1. The van der Waals surface area contributed by atoms with E-state index >= 15 is 0 Å². The molecule has 0 fully saturated rings. The lowest BCUT2D eigenvalue weighted by atomic mass is 10.2. The maximum absolute atomic E-state index is 12.1. The zero-order valence-corrected chi connectivity index (χ0v) is 12.9. The standard InChI is InChI=1S/C16H23N3O2/c1-4-12(2)19(9-10-21-3)11-15-17-14-8-6-5-7-13(14)16(20)18-15/h5-8,12H,4,9-11H2,1-3H3,(H,17,18,20). The minimum absolute atomic E-state index is 0.0774. The zero-order chi connectivity index (χ0) is 15.2. The fourth-order valence-electron chi connectivity index (χ4n) is 2.32. The molecule has 5 nitrogen and oxygen atoms in total. The summed E-state index contributed by atoms with van der Waals surface area (Å²) >= 11 is 0. The summed E-state index contributed by atoms with van der Waals surface area (Å²) in [5, 5.41) is 0.633. The van der Waals surface area contributed by atoms with Crippen LogP contribution in [-0.4, -0.2) is 41.2 Å². The molecule has 114 valence electrons. The maximum Gasteiger partial charge on any atom is 0.258 e. The van der Waals surface area contributed by atoms with Crippen LogP contribution in [0, 0.1) is 0 Å². The summed E-state index contributed by atoms with van der Waals surface area (Å²) in [5.41, 5.74) is 0.665. The Hall–Kier alpha value is -1.72. The van der Waals surface area contributed by atoms with Crippen LogP contribution in [0.5, 0.6) is 0 Å². The molecule has 0 saturated heterocycles. The average molecular weight is 289 g/mol. The summed E-state index contributed by atoms with van der Waals surface area (Å²) in [7, 11) is 1.70. The molecule has 1 unspecified atom stereocenters. The van der Waals surface area contributed by atoms with E-state index in [4.69, 9.17) is 4.74 Å². The van der Waals surface area contributed by atoms with E-state index in [1.54, 1.807) is 13.2 Å². The molecule has 0 aliphatic carbocycles. The van der Waals surface area contributed by atoms with Gasteiger partial charge in [-0.3, -0.25) is 9.69 Å². The van der Waals surface area contributed by atoms with Gasteiger partial charge in [-0.05, 0) is 25.5 Å². The highest BCUT2D eigenvalue weighted by atomic mass is 16.5. The molecule has 0 aliphatic heterocycles. The van der Waals surface area contributed by atoms with Crippen molar-refractivity contribution in [1.82, 2.24) is 14.9 Å². The average Bonchev–Trinajstić information content (AvgIpc) is 2.50. The van der Waals surface area contributed by atoms with Crippen molar-refractivity contribution in [2.45, 2.75) is 32.9 Å². The van der Waals surface area contributed by atoms with Crippen molar-refractivity contribution in [1.29, 1.82) is 0 Å². The number of aromatic amines is 1. The fourth-order valence-corrected chi connectivity index (χ4v) is 2.32. The second kappa shape index (κ2) is 7.33. The molecule has 5 heteroatoms. The lowest BCUT2D eigenvalue weighted by Gasteiger charge is -2.27. The number of H-pyrrole nitrogens is 1. The molecule has 2 rings (SSSR count). The first-order valence-electron chi connectivity index (χ1n) is 7.36. The smallest absolute Gasteiger partial charge is 0.258 e. The summed E-state index contributed by atoms with van der Waals surface area (Å²) < 4.78 is 5.16. The summed E-state index contributed by atoms with van der Waals surface area (Å²) in [6.07, 6.45) is 1.04. The lowest BCUT2D eigenvalue weighted by molar-refractivity contribution is 0.116. The number of nitrogens with one attached hydrogen (secondary N) is 1. The summed E-state index contributed by atoms with van der Waals surface area (Å²) in [4.78, 5) is 21.8. The number of aromatic nitrogens is 2. The molecular weight excluding hydrogens is 266 g/mol. The number of benzene rings is 1. The molecule has 0 spiro atoms. The summed E-state index contributed by atoms with van der Waals surface area (Å²) in [6, 6.07) is 7.83. The first-order valence-corrected chi connectivity index (χ1v) is 7.36. The topological polar surface area (TPSA) is 58.2 Å². The predicted octanol–water partition coefficient (Wildman–Crippen LogP) is 2.17. The Balaban J connectivity index is 2.25. The molecule has 1 heterocycles. The second-order valence-electron chi connectivity index (χ2n) is 5.25. The van der Waals surface area contributed by atoms with Gasteiger partial charge in [0.25, 0.3) is 5.56 Å². The number of hydrogen-bond acceptors (Lipinski definition) is 4. The zero-order valence-electron chi connectivity index (χ0n) is 12.9. The van der Waals surface area contributed by atoms with Gasteiger partial charge in [0.2, 0.25) is 0 Å². The number of ether oxygens (including phenoxy) is 1. The monoisotopic (exact) mass is 289 g/mol. The van der Waals surface area contributed by atoms with Crippen molar-refractivity contribution >= 4 is 10.9 Å². The molecular formula is C16H23N3O2. The minimum Gasteiger partial charge on any atom is -0.383 e. The van der Waals surface area contributed by atoms with E-state index in [0.717, 1.165) is 18.5 Å². The van der Waals surface area contributed by atoms with Crippen LogP contribution < -0.4 is 5.56 Å². The minimum atomic E-state index is -0.0774. The van der Waals surface area contributed by atoms with Crippen molar-refractivity contribution in [3.05, 3.63) is 40.4 Å². The van der Waals surface area contributed by atoms with Crippen molar-refractivity contribution in [2.24, 2.45) is 0 Å². The second-order valence-corrected chi connectivity index (χ2v) is 5.25. The number of para-hydroxylation sites is 1. The van der Waals surface area contributed by atoms with E-state index in [2.05, 4.69) is 28.7 Å². The predicted molar refractivity (Wildman–Crippen MR) is 84.4 cm³/mol. The third-order valence-corrected chi connectivity index (χ3v) is 3.81. The summed E-state index contributed by atoms with van der Waals surface area (Å²) in [5.74, 6) is 0.704. The normalized spacial score (nSPS) is 13.0. The number of fused-ring (bicyclic) bond motifs is 1. The first kappa shape index (κ1) is 15.7. The van der Waals surface area contributed by atoms with Crippen LogP contribution >= 0.6 is 0 Å². The molecule has 1 N–H and O–H groups in total. The van der Waals surface area contributed by atoms with Crippen molar-refractivity contribution < 1.29 is 4.74 Å². The molecule has 1 aromatic heterocycles. The Morgan fingerprint density at radius 3 is 2.86 bits per heavy atom. The van der Waals surface area contributed by atoms with Crippen LogP contribution in [0.15, 0.2) is 29.1 Å². The van der Waals surface area contributed by atoms with Gasteiger partial charge in [-0.25, -0.2) is 4.98 Å². The van der Waals surface area contributed by atoms with Crippen molar-refractivity contribution in [2.75, 3.05) is 20.3 Å². The molecule has 21 heavy (non-hydrogen) atoms. The van der Waals surface area contributed by atoms with Gasteiger partial charge in [0.05, 0.1) is 24.1 Å². The Morgan fingerprint density at radius 2 is 2.14 bits per heavy atom. The third kappa shape index (κ3) is 3.89. The Morgan fingerprint density at radius 1 is 1.38 bits per heavy atom. The van der Waals surface area contributed by atoms with Gasteiger partial charge in [-0.1, -0.05) is 19.1 Å². The van der Waals surface area contributed by atoms with Crippen LogP contribution in [0.3, 0.4) is 0 Å². The lowest BCUT2D eigenvalue weighted by Crippen LogP contribution is -2.36. The van der Waals surface area contributed by atoms with E-state index in [1.165, 1.54) is 0 Å². The van der Waals surface area contributed by atoms with Gasteiger partial charge in [-0.15, -0.1) is 0 Å². The molecule has 1 aromatic carbocycles. The highest BCUT2D eigenvalue weighted by molar-refractivity contribution is 5.77. The third-order valence-electron chi connectivity index (χ3n) is 3.81. The van der Waals surface area contributed by atoms with Crippen LogP contribution in [0.25, 0.3) is 10.9 Å². The summed E-state index contributed by atoms with van der Waals surface area (Å²) in [6.45, 7) is 6.44. The van der Waals surface area contributed by atoms with Crippen LogP contribution in [-0.2, 0) is 11.3 Å². The van der Waals surface area contributed by atoms with Gasteiger partial charge in [0.15, 0.2) is 0 Å². The number of nitrogens with zero attached hydrogens (tertiary/aromatic N) is 2. The Bertz CT molecular complexity index is 639. The van der Waals surface area contributed by atoms with Gasteiger partial charge in [0, 0.05) is 19.7 Å². The van der Waals surface area contributed by atoms with Crippen LogP contribution in [0.1, 0.15) is 26.1 Å². The Kier molecular flexibility index (Phi) is 5.47. The van der Waals surface area contributed by atoms with E-state index < -0.39 is 0 Å². The molecule has 1 atom stereocenters. The van der Waals surface area contributed by atoms with E-state index in [1.807, 2.05) is 18.2 Å².